The molecule has 97 heavy (non-hydrogen) atoms. The van der Waals surface area contributed by atoms with Gasteiger partial charge in [-0.1, -0.05) is 4.98 Å². The summed E-state index contributed by atoms with van der Waals surface area (Å²) in [6.07, 6.45) is -21.9. The van der Waals surface area contributed by atoms with Crippen LogP contribution < -0.4 is 38.6 Å². The van der Waals surface area contributed by atoms with Gasteiger partial charge in [-0.15, -0.1) is 0 Å². The number of aromatic nitrogens is 16. The van der Waals surface area contributed by atoms with Gasteiger partial charge in [0.2, 0.25) is 17.7 Å². The molecule has 8 aromatic rings. The number of fused-ring (bicyclic) bond motifs is 6. The summed E-state index contributed by atoms with van der Waals surface area (Å²) in [5, 5.41) is 43.6. The average molecular weight is 1480 g/mol. The fourth-order valence-electron chi connectivity index (χ4n) is 11.3. The zero-order valence-corrected chi connectivity index (χ0v) is 53.0. The third-order valence-electron chi connectivity index (χ3n) is 15.6. The van der Waals surface area contributed by atoms with E-state index < -0.39 is 181 Å². The minimum absolute atomic E-state index is 0.0173. The third kappa shape index (κ3) is 13.0. The Morgan fingerprint density at radius 1 is 0.619 bits per heavy atom. The Kier molecular flexibility index (Phi) is 17.8. The molecule has 0 saturated carbocycles. The van der Waals surface area contributed by atoms with Gasteiger partial charge >= 0.3 is 44.8 Å². The SMILES string of the molecule is Cn1c[n+]([C@@H]2O[C@H](COP(=O)(O)OP(=O)(O)OP(=O)(O)OC[C@]34CO[C@@H](C3OP(=O)(O)OC[C@H]3O[C@@H](n5cnc6c(N)ncnc65)[C@@H](F)C3OP(=O)(O)OC[C@H]3O[C@@H](n5cnc6c(=O)[nH]c(N)nc65)[C@@H](O)C3O)[C@H](n3cnc5c(N)ncnc53)O4)C(O)[C@@H]2O)c2nc(N)[nH]c(=O)c21. The molecule has 55 heteroatoms. The Bertz CT molecular complexity index is 4780. The normalized spacial score (nSPS) is 32.1. The molecule has 9 unspecified atom stereocenters. The lowest BCUT2D eigenvalue weighted by Gasteiger charge is -2.32. The number of nitrogens with zero attached hydrogens (tertiary/aromatic N) is 14. The van der Waals surface area contributed by atoms with E-state index in [0.717, 1.165) is 49.9 Å². The van der Waals surface area contributed by atoms with E-state index in [1.165, 1.54) is 17.9 Å². The molecule has 0 amide bonds. The number of H-pyrrole nitrogens is 2. The molecule has 21 atom stereocenters. The van der Waals surface area contributed by atoms with Crippen LogP contribution in [0.2, 0.25) is 0 Å². The van der Waals surface area contributed by atoms with Crippen molar-refractivity contribution in [2.24, 2.45) is 7.05 Å². The van der Waals surface area contributed by atoms with Gasteiger partial charge in [-0.25, -0.2) is 66.7 Å². The Hall–Kier alpha value is -6.80. The highest BCUT2D eigenvalue weighted by atomic mass is 31.3. The van der Waals surface area contributed by atoms with Crippen LogP contribution in [-0.4, -0.2) is 224 Å². The van der Waals surface area contributed by atoms with E-state index in [0.29, 0.717) is 0 Å². The highest BCUT2D eigenvalue weighted by Crippen LogP contribution is 2.68. The molecule has 8 aromatic heterocycles. The summed E-state index contributed by atoms with van der Waals surface area (Å²) in [7, 11) is -28.4. The van der Waals surface area contributed by atoms with Crippen molar-refractivity contribution in [3.63, 3.8) is 0 Å². The number of nitrogen functional groups attached to an aromatic ring is 4. The summed E-state index contributed by atoms with van der Waals surface area (Å²) in [5.74, 6) is -1.01. The fraction of sp³-hybridized carbons (Fsp3) is 0.524. The number of rotatable bonds is 24. The minimum Gasteiger partial charge on any atom is -0.387 e. The maximum atomic E-state index is 17.0. The number of phosphoric acid groups is 5. The number of anilines is 4. The van der Waals surface area contributed by atoms with Gasteiger partial charge in [-0.05, 0) is 0 Å². The number of imidazole rings is 4. The minimum atomic E-state index is -6.33. The van der Waals surface area contributed by atoms with Crippen LogP contribution in [-0.2, 0) is 89.3 Å². The standard InChI is InChI=1S/C42H52FN20O29P5/c1-59-12-63(33-20(59)35(69)58-41(47)56-33)38-24(67)22(65)14(86-38)3-83-95(74,75)91-97(78,79)92-96(76,77)84-6-42-5-80-26(39(88-42)61-10-53-18-29(45)49-8-51-31(18)61)27(42)90-94(72,73)82-4-15-25(16(43)36(87-15)60-9-52-17-28(44)48-7-50-30(17)60)89-93(70,71)81-2-13-21(64)23(66)37(85-13)62-11-54-19-32(62)55-40(46)57-34(19)68/h7-16,21-27,36-39,64-67H,2-6H2,1H3,(H14-,44,45,46,47,48,49,50,51,55,56,57,58,68,69,70,71,72,73,74,75,76,77,78,79)/p+1/t13-,14-,15-,16+,21?,22?,23+,24+,25?,26+,27?,36-,37-,38-,39-,42-/m1/s1. The summed E-state index contributed by atoms with van der Waals surface area (Å²) < 4.78 is 160. The lowest BCUT2D eigenvalue weighted by molar-refractivity contribution is -0.745. The third-order valence-corrected chi connectivity index (χ3v) is 21.8. The topological polar surface area (TPSA) is 697 Å². The Labute approximate surface area is 534 Å². The maximum absolute atomic E-state index is 17.0. The monoisotopic (exact) mass is 1480 g/mol. The van der Waals surface area contributed by atoms with E-state index in [2.05, 4.69) is 63.4 Å². The van der Waals surface area contributed by atoms with Gasteiger partial charge < -0.3 is 91.5 Å². The molecule has 0 aliphatic carbocycles. The number of halogens is 1. The number of alkyl halides is 1. The summed E-state index contributed by atoms with van der Waals surface area (Å²) in [6.45, 7) is -5.79. The van der Waals surface area contributed by atoms with Crippen molar-refractivity contribution in [1.29, 1.82) is 0 Å². The number of aromatic amines is 2. The number of aryl methyl sites for hydroxylation is 1. The molecule has 5 aliphatic rings. The van der Waals surface area contributed by atoms with Gasteiger partial charge in [0, 0.05) is 0 Å². The predicted octanol–water partition coefficient (Wildman–Crippen LogP) is -4.80. The number of aliphatic hydroxyl groups is 4. The van der Waals surface area contributed by atoms with Crippen molar-refractivity contribution < 1.29 is 136 Å². The zero-order valence-electron chi connectivity index (χ0n) is 48.5. The van der Waals surface area contributed by atoms with E-state index >= 15 is 4.39 Å². The van der Waals surface area contributed by atoms with Gasteiger partial charge in [-0.2, -0.15) is 13.6 Å². The maximum Gasteiger partial charge on any atom is 0.490 e. The zero-order chi connectivity index (χ0) is 69.4. The van der Waals surface area contributed by atoms with Crippen LogP contribution in [0.1, 0.15) is 24.9 Å². The van der Waals surface area contributed by atoms with Crippen molar-refractivity contribution in [3.8, 4) is 0 Å². The predicted molar refractivity (Wildman–Crippen MR) is 306 cm³/mol. The summed E-state index contributed by atoms with van der Waals surface area (Å²) in [5.41, 5.74) is 18.5. The smallest absolute Gasteiger partial charge is 0.387 e. The number of hydrogen-bond donors (Lipinski definition) is 15. The first-order chi connectivity index (χ1) is 45.6. The summed E-state index contributed by atoms with van der Waals surface area (Å²) in [6, 6.07) is 0. The number of hydrogen-bond acceptors (Lipinski definition) is 37. The van der Waals surface area contributed by atoms with E-state index in [4.69, 9.17) is 73.8 Å². The first kappa shape index (κ1) is 68.7. The van der Waals surface area contributed by atoms with Gasteiger partial charge in [-0.3, -0.25) is 65.0 Å². The molecule has 13 rings (SSSR count). The molecule has 5 fully saturated rings. The molecule has 0 radical (unpaired) electrons. The second-order valence-electron chi connectivity index (χ2n) is 21.9. The van der Waals surface area contributed by atoms with E-state index in [-0.39, 0.29) is 68.2 Å². The molecular formula is C42H53FN20O29P5+. The van der Waals surface area contributed by atoms with E-state index in [1.807, 2.05) is 0 Å². The lowest BCUT2D eigenvalue weighted by atomic mass is 10.0. The van der Waals surface area contributed by atoms with Crippen LogP contribution >= 0.6 is 39.1 Å². The van der Waals surface area contributed by atoms with Gasteiger partial charge in [0.25, 0.3) is 17.1 Å². The van der Waals surface area contributed by atoms with E-state index in [1.54, 1.807) is 0 Å². The Morgan fingerprint density at radius 2 is 1.14 bits per heavy atom. The van der Waals surface area contributed by atoms with Crippen molar-refractivity contribution in [2.75, 3.05) is 56.0 Å². The van der Waals surface area contributed by atoms with Crippen molar-refractivity contribution in [3.05, 3.63) is 58.7 Å². The molecule has 49 nitrogen and oxygen atoms in total. The highest BCUT2D eigenvalue weighted by molar-refractivity contribution is 7.66. The van der Waals surface area contributed by atoms with Crippen molar-refractivity contribution in [1.82, 2.24) is 73.1 Å². The number of nitrogens with two attached hydrogens (primary N) is 4. The van der Waals surface area contributed by atoms with E-state index in [9.17, 15) is 77.3 Å². The van der Waals surface area contributed by atoms with Crippen LogP contribution in [0.25, 0.3) is 44.7 Å². The molecule has 13 heterocycles. The molecular weight excluding hydrogens is 1420 g/mol. The lowest BCUT2D eigenvalue weighted by Crippen LogP contribution is -2.46. The first-order valence-corrected chi connectivity index (χ1v) is 35.1. The molecule has 0 spiro atoms. The molecule has 5 saturated heterocycles. The van der Waals surface area contributed by atoms with Crippen molar-refractivity contribution >= 4 is 107 Å². The van der Waals surface area contributed by atoms with Crippen LogP contribution in [0.3, 0.4) is 0 Å². The Balaban J connectivity index is 0.699. The number of nitrogens with one attached hydrogen (secondary N) is 2. The summed E-state index contributed by atoms with van der Waals surface area (Å²) >= 11 is 0. The first-order valence-electron chi connectivity index (χ1n) is 27.6. The quantitative estimate of drug-likeness (QED) is 0.0199. The number of aliphatic hydroxyl groups excluding tert-OH is 4. The van der Waals surface area contributed by atoms with Crippen LogP contribution in [0.5, 0.6) is 0 Å². The van der Waals surface area contributed by atoms with Gasteiger partial charge in [0.1, 0.15) is 90.3 Å². The Morgan fingerprint density at radius 3 is 1.79 bits per heavy atom. The average Bonchev–Trinajstić information content (AvgIpc) is 1.57. The van der Waals surface area contributed by atoms with Crippen molar-refractivity contribution in [2.45, 2.75) is 97.7 Å². The molecule has 0 aromatic carbocycles. The van der Waals surface area contributed by atoms with Crippen LogP contribution in [0.15, 0.2) is 47.6 Å². The molecule has 526 valence electrons. The number of ether oxygens (including phenoxy) is 5. The molecule has 19 N–H and O–H groups in total. The summed E-state index contributed by atoms with van der Waals surface area (Å²) in [4.78, 5) is 120. The number of phosphoric ester groups is 4. The molecule has 5 aliphatic heterocycles. The fourth-order valence-corrected chi connectivity index (χ4v) is 16.8. The van der Waals surface area contributed by atoms with Crippen LogP contribution in [0.4, 0.5) is 27.9 Å². The largest absolute Gasteiger partial charge is 0.490 e. The second-order valence-corrected chi connectivity index (χ2v) is 29.4. The highest BCUT2D eigenvalue weighted by Gasteiger charge is 2.66. The van der Waals surface area contributed by atoms with Gasteiger partial charge in [0.15, 0.2) is 65.3 Å². The van der Waals surface area contributed by atoms with Gasteiger partial charge in [0.05, 0.1) is 59.1 Å². The van der Waals surface area contributed by atoms with Crippen LogP contribution in [0, 0.1) is 0 Å². The molecule has 2 bridgehead atoms. The second kappa shape index (κ2) is 25.1.